The van der Waals surface area contributed by atoms with E-state index in [0.717, 1.165) is 37.7 Å². The number of hydrogen-bond donors (Lipinski definition) is 1. The first-order valence-electron chi connectivity index (χ1n) is 10.8. The summed E-state index contributed by atoms with van der Waals surface area (Å²) < 4.78 is 26.2. The Morgan fingerprint density at radius 3 is 2.55 bits per heavy atom. The van der Waals surface area contributed by atoms with Crippen LogP contribution in [-0.4, -0.2) is 23.0 Å². The zero-order chi connectivity index (χ0) is 21.5. The molecule has 3 aliphatic heterocycles. The molecule has 0 radical (unpaired) electrons. The Kier molecular flexibility index (Phi) is 5.30. The first-order valence-corrected chi connectivity index (χ1v) is 10.8. The Morgan fingerprint density at radius 1 is 1.03 bits per heavy atom. The van der Waals surface area contributed by atoms with E-state index < -0.39 is 23.6 Å². The maximum atomic E-state index is 13.5. The van der Waals surface area contributed by atoms with Crippen molar-refractivity contribution in [3.05, 3.63) is 71.0 Å². The molecule has 4 fully saturated rings. The Labute approximate surface area is 179 Å². The van der Waals surface area contributed by atoms with Gasteiger partial charge in [-0.15, -0.1) is 0 Å². The lowest BCUT2D eigenvalue weighted by Crippen LogP contribution is -2.59. The average molecular weight is 428 g/mol. The number of carboxylic acids is 1. The Morgan fingerprint density at radius 2 is 1.81 bits per heavy atom. The quantitative estimate of drug-likeness (QED) is 0.682. The topological polar surface area (TPSA) is 74.2 Å². The van der Waals surface area contributed by atoms with Gasteiger partial charge >= 0.3 is 5.97 Å². The second-order valence-electron chi connectivity index (χ2n) is 8.63. The molecule has 4 atom stereocenters. The number of fused-ring (bicyclic) bond motifs is 3. The van der Waals surface area contributed by atoms with Crippen molar-refractivity contribution in [3.8, 4) is 0 Å². The molecule has 3 heterocycles. The van der Waals surface area contributed by atoms with Gasteiger partial charge in [-0.1, -0.05) is 37.1 Å². The summed E-state index contributed by atoms with van der Waals surface area (Å²) >= 11 is 0. The molecule has 31 heavy (non-hydrogen) atoms. The largest absolute Gasteiger partial charge is 0.478 e. The molecular formula is C24H25FO6. The highest BCUT2D eigenvalue weighted by Gasteiger charge is 2.62. The van der Waals surface area contributed by atoms with Gasteiger partial charge in [0.25, 0.3) is 0 Å². The predicted molar refractivity (Wildman–Crippen MR) is 107 cm³/mol. The number of halogens is 1. The molecule has 1 unspecified atom stereocenters. The summed E-state index contributed by atoms with van der Waals surface area (Å²) in [4.78, 5) is 23.1. The van der Waals surface area contributed by atoms with E-state index in [2.05, 4.69) is 0 Å². The molecule has 6 nitrogen and oxygen atoms in total. The minimum absolute atomic E-state index is 0.228. The summed E-state index contributed by atoms with van der Waals surface area (Å²) in [6.45, 7) is 0.252. The van der Waals surface area contributed by atoms with Gasteiger partial charge in [-0.25, -0.2) is 14.1 Å². The lowest BCUT2D eigenvalue weighted by molar-refractivity contribution is -0.561. The van der Waals surface area contributed by atoms with Gasteiger partial charge in [0.15, 0.2) is 11.9 Å². The van der Waals surface area contributed by atoms with Crippen molar-refractivity contribution < 1.29 is 33.5 Å². The molecule has 2 aromatic carbocycles. The van der Waals surface area contributed by atoms with Crippen LogP contribution in [0.15, 0.2) is 48.5 Å². The lowest BCUT2D eigenvalue weighted by Gasteiger charge is -2.50. The van der Waals surface area contributed by atoms with Crippen molar-refractivity contribution in [1.82, 2.24) is 0 Å². The van der Waals surface area contributed by atoms with Crippen molar-refractivity contribution in [3.63, 3.8) is 0 Å². The average Bonchev–Trinajstić information content (AvgIpc) is 3.05. The maximum absolute atomic E-state index is 13.5. The number of hydrogen-bond acceptors (Lipinski definition) is 5. The normalized spacial score (nSPS) is 32.3. The highest BCUT2D eigenvalue weighted by atomic mass is 19.1. The smallest absolute Gasteiger partial charge is 0.335 e. The van der Waals surface area contributed by atoms with Gasteiger partial charge in [-0.05, 0) is 55.0 Å². The van der Waals surface area contributed by atoms with Gasteiger partial charge in [0, 0.05) is 12.0 Å². The highest BCUT2D eigenvalue weighted by molar-refractivity contribution is 5.87. The second-order valence-corrected chi connectivity index (χ2v) is 8.63. The monoisotopic (exact) mass is 428 g/mol. The maximum Gasteiger partial charge on any atom is 0.335 e. The third-order valence-electron chi connectivity index (χ3n) is 6.80. The van der Waals surface area contributed by atoms with Crippen molar-refractivity contribution in [2.24, 2.45) is 5.92 Å². The molecule has 164 valence electrons. The van der Waals surface area contributed by atoms with E-state index in [1.807, 2.05) is 0 Å². The van der Waals surface area contributed by atoms with Crippen LogP contribution in [0, 0.1) is 11.7 Å². The Hall–Kier alpha value is -2.32. The second kappa shape index (κ2) is 7.98. The van der Waals surface area contributed by atoms with Crippen molar-refractivity contribution in [2.75, 3.05) is 0 Å². The molecule has 4 aliphatic rings. The Balaban J connectivity index is 1.42. The molecule has 1 spiro atoms. The van der Waals surface area contributed by atoms with Gasteiger partial charge in [0.2, 0.25) is 5.79 Å². The van der Waals surface area contributed by atoms with E-state index >= 15 is 0 Å². The van der Waals surface area contributed by atoms with E-state index in [1.54, 1.807) is 36.4 Å². The van der Waals surface area contributed by atoms with E-state index in [9.17, 15) is 9.18 Å². The summed E-state index contributed by atoms with van der Waals surface area (Å²) in [5, 5.41) is 9.09. The zero-order valence-corrected chi connectivity index (χ0v) is 17.1. The van der Waals surface area contributed by atoms with E-state index in [-0.39, 0.29) is 23.9 Å². The predicted octanol–water partition coefficient (Wildman–Crippen LogP) is 4.92. The van der Waals surface area contributed by atoms with Crippen LogP contribution < -0.4 is 0 Å². The SMILES string of the molecule is O=C(O)c1ccc(COC2O[C@@]3(c4ccc(F)cc4)CC[C@H]4CCCC[C@@]24OO3)cc1. The third-order valence-corrected chi connectivity index (χ3v) is 6.80. The van der Waals surface area contributed by atoms with Crippen LogP contribution in [0.4, 0.5) is 4.39 Å². The fraction of sp³-hybridized carbons (Fsp3) is 0.458. The summed E-state index contributed by atoms with van der Waals surface area (Å²) in [7, 11) is 0. The van der Waals surface area contributed by atoms with E-state index in [4.69, 9.17) is 24.4 Å². The van der Waals surface area contributed by atoms with Crippen molar-refractivity contribution >= 4 is 5.97 Å². The zero-order valence-electron chi connectivity index (χ0n) is 17.1. The minimum atomic E-state index is -1.14. The van der Waals surface area contributed by atoms with E-state index in [1.165, 1.54) is 12.1 Å². The first kappa shape index (κ1) is 20.6. The van der Waals surface area contributed by atoms with Crippen LogP contribution in [0.25, 0.3) is 0 Å². The minimum Gasteiger partial charge on any atom is -0.478 e. The first-order chi connectivity index (χ1) is 15.0. The number of carbonyl (C=O) groups is 1. The molecule has 7 heteroatoms. The number of benzene rings is 2. The molecule has 2 bridgehead atoms. The Bertz CT molecular complexity index is 942. The summed E-state index contributed by atoms with van der Waals surface area (Å²) in [6, 6.07) is 12.7. The molecule has 2 aromatic rings. The molecular weight excluding hydrogens is 403 g/mol. The summed E-state index contributed by atoms with van der Waals surface area (Å²) in [5.74, 6) is -2.19. The van der Waals surface area contributed by atoms with Gasteiger partial charge in [0.1, 0.15) is 5.82 Å². The number of rotatable bonds is 5. The van der Waals surface area contributed by atoms with E-state index in [0.29, 0.717) is 12.0 Å². The molecule has 1 saturated carbocycles. The van der Waals surface area contributed by atoms with Crippen LogP contribution in [0.1, 0.15) is 60.0 Å². The number of ether oxygens (including phenoxy) is 2. The molecule has 0 aromatic heterocycles. The summed E-state index contributed by atoms with van der Waals surface area (Å²) in [5.41, 5.74) is 1.08. The summed E-state index contributed by atoms with van der Waals surface area (Å²) in [6.07, 6.45) is 4.73. The van der Waals surface area contributed by atoms with Crippen molar-refractivity contribution in [1.29, 1.82) is 0 Å². The number of aromatic carboxylic acids is 1. The lowest BCUT2D eigenvalue weighted by atomic mass is 9.73. The highest BCUT2D eigenvalue weighted by Crippen LogP contribution is 2.55. The van der Waals surface area contributed by atoms with Gasteiger partial charge in [-0.3, -0.25) is 0 Å². The molecule has 6 rings (SSSR count). The fourth-order valence-corrected chi connectivity index (χ4v) is 5.05. The van der Waals surface area contributed by atoms with Crippen LogP contribution in [0.3, 0.4) is 0 Å². The fourth-order valence-electron chi connectivity index (χ4n) is 5.05. The number of carboxylic acid groups (broad SMARTS) is 1. The van der Waals surface area contributed by atoms with Gasteiger partial charge in [0.05, 0.1) is 12.2 Å². The molecule has 3 saturated heterocycles. The standard InChI is InChI=1S/C24H25FO6/c25-20-10-8-19(9-11-20)24-14-12-18-3-1-2-13-23(18,30-31-24)22(29-24)28-15-16-4-6-17(7-5-16)21(26)27/h4-11,18,22H,1-3,12-15H2,(H,26,27)/t18-,22?,23+,24+/m1/s1. The molecule has 0 amide bonds. The molecule has 1 N–H and O–H groups in total. The van der Waals surface area contributed by atoms with Crippen LogP contribution in [0.5, 0.6) is 0 Å². The van der Waals surface area contributed by atoms with Crippen molar-refractivity contribution in [2.45, 2.75) is 62.8 Å². The van der Waals surface area contributed by atoms with Crippen LogP contribution >= 0.6 is 0 Å². The van der Waals surface area contributed by atoms with Gasteiger partial charge < -0.3 is 14.6 Å². The van der Waals surface area contributed by atoms with Crippen LogP contribution in [-0.2, 0) is 31.6 Å². The van der Waals surface area contributed by atoms with Gasteiger partial charge in [-0.2, -0.15) is 4.89 Å². The third kappa shape index (κ3) is 3.65. The molecule has 1 aliphatic carbocycles. The van der Waals surface area contributed by atoms with Crippen LogP contribution in [0.2, 0.25) is 0 Å².